The van der Waals surface area contributed by atoms with Crippen molar-refractivity contribution in [1.82, 2.24) is 25.2 Å². The zero-order chi connectivity index (χ0) is 20.4. The third-order valence-corrected chi connectivity index (χ3v) is 5.86. The number of aromatic nitrogens is 3. The van der Waals surface area contributed by atoms with Gasteiger partial charge in [-0.3, -0.25) is 4.79 Å². The second-order valence-electron chi connectivity index (χ2n) is 7.79. The number of carbonyl (C=O) groups excluding carboxylic acids is 1. The SMILES string of the molecule is COc1ccc(OC)c(CN(C(=O)c2nnn(C3CCNCC3)c2C)C2CC2)c1. The predicted octanol–water partition coefficient (Wildman–Crippen LogP) is 2.33. The molecule has 2 aromatic rings. The van der Waals surface area contributed by atoms with E-state index in [1.165, 1.54) is 0 Å². The molecule has 1 saturated carbocycles. The maximum Gasteiger partial charge on any atom is 0.276 e. The fourth-order valence-electron chi connectivity index (χ4n) is 4.01. The highest BCUT2D eigenvalue weighted by Crippen LogP contribution is 2.33. The first kappa shape index (κ1) is 19.7. The fraction of sp³-hybridized carbons (Fsp3) is 0.571. The van der Waals surface area contributed by atoms with Crippen molar-refractivity contribution < 1.29 is 14.3 Å². The zero-order valence-corrected chi connectivity index (χ0v) is 17.4. The molecule has 2 fully saturated rings. The Labute approximate surface area is 171 Å². The molecule has 0 atom stereocenters. The van der Waals surface area contributed by atoms with Gasteiger partial charge < -0.3 is 19.7 Å². The van der Waals surface area contributed by atoms with E-state index in [4.69, 9.17) is 9.47 Å². The lowest BCUT2D eigenvalue weighted by atomic mass is 10.1. The van der Waals surface area contributed by atoms with E-state index >= 15 is 0 Å². The number of amides is 1. The van der Waals surface area contributed by atoms with Crippen LogP contribution in [0.4, 0.5) is 0 Å². The Morgan fingerprint density at radius 2 is 1.97 bits per heavy atom. The van der Waals surface area contributed by atoms with Crippen LogP contribution in [-0.4, -0.2) is 59.2 Å². The quantitative estimate of drug-likeness (QED) is 0.770. The van der Waals surface area contributed by atoms with Crippen LogP contribution in [0, 0.1) is 6.92 Å². The van der Waals surface area contributed by atoms with E-state index in [2.05, 4.69) is 15.6 Å². The van der Waals surface area contributed by atoms with E-state index in [0.717, 1.165) is 61.5 Å². The maximum atomic E-state index is 13.4. The first-order chi connectivity index (χ1) is 14.1. The van der Waals surface area contributed by atoms with E-state index in [0.29, 0.717) is 18.3 Å². The normalized spacial score (nSPS) is 17.2. The van der Waals surface area contributed by atoms with Gasteiger partial charge in [0.15, 0.2) is 5.69 Å². The number of ether oxygens (including phenoxy) is 2. The molecule has 0 unspecified atom stereocenters. The first-order valence-corrected chi connectivity index (χ1v) is 10.3. The van der Waals surface area contributed by atoms with Crippen LogP contribution in [0.15, 0.2) is 18.2 Å². The molecular weight excluding hydrogens is 370 g/mol. The van der Waals surface area contributed by atoms with Crippen LogP contribution in [0.3, 0.4) is 0 Å². The average Bonchev–Trinajstić information content (AvgIpc) is 3.53. The van der Waals surface area contributed by atoms with Crippen molar-refractivity contribution in [3.63, 3.8) is 0 Å². The van der Waals surface area contributed by atoms with Gasteiger partial charge in [0.2, 0.25) is 0 Å². The summed E-state index contributed by atoms with van der Waals surface area (Å²) in [5.74, 6) is 1.44. The van der Waals surface area contributed by atoms with Crippen molar-refractivity contribution in [2.45, 2.75) is 51.2 Å². The van der Waals surface area contributed by atoms with E-state index in [-0.39, 0.29) is 11.9 Å². The molecule has 1 saturated heterocycles. The fourth-order valence-corrected chi connectivity index (χ4v) is 4.01. The molecule has 2 aliphatic rings. The molecule has 1 aliphatic heterocycles. The molecule has 1 amide bonds. The molecule has 156 valence electrons. The molecule has 8 heteroatoms. The lowest BCUT2D eigenvalue weighted by molar-refractivity contribution is 0.0721. The highest BCUT2D eigenvalue weighted by Gasteiger charge is 2.36. The molecule has 0 bridgehead atoms. The van der Waals surface area contributed by atoms with Crippen LogP contribution in [0.25, 0.3) is 0 Å². The standard InChI is InChI=1S/C21H29N5O3/c1-14-20(23-24-26(14)17-8-10-22-11-9-17)21(27)25(16-4-5-16)13-15-12-18(28-2)6-7-19(15)29-3/h6-7,12,16-17,22H,4-5,8-11,13H2,1-3H3. The predicted molar refractivity (Wildman–Crippen MR) is 108 cm³/mol. The second kappa shape index (κ2) is 8.41. The van der Waals surface area contributed by atoms with E-state index < -0.39 is 0 Å². The van der Waals surface area contributed by atoms with Gasteiger partial charge in [-0.15, -0.1) is 5.10 Å². The van der Waals surface area contributed by atoms with Crippen molar-refractivity contribution in [2.24, 2.45) is 0 Å². The van der Waals surface area contributed by atoms with Gasteiger partial charge in [-0.2, -0.15) is 0 Å². The third kappa shape index (κ3) is 4.07. The molecular formula is C21H29N5O3. The maximum absolute atomic E-state index is 13.4. The van der Waals surface area contributed by atoms with Crippen LogP contribution in [0.2, 0.25) is 0 Å². The Kier molecular flexibility index (Phi) is 5.71. The summed E-state index contributed by atoms with van der Waals surface area (Å²) in [4.78, 5) is 15.3. The Hall–Kier alpha value is -2.61. The minimum atomic E-state index is -0.0601. The molecule has 1 aromatic heterocycles. The number of benzene rings is 1. The number of nitrogens with one attached hydrogen (secondary N) is 1. The van der Waals surface area contributed by atoms with E-state index in [1.807, 2.05) is 34.7 Å². The second-order valence-corrected chi connectivity index (χ2v) is 7.79. The largest absolute Gasteiger partial charge is 0.497 e. The Morgan fingerprint density at radius 1 is 1.21 bits per heavy atom. The summed E-state index contributed by atoms with van der Waals surface area (Å²) in [6, 6.07) is 6.21. The number of rotatable bonds is 7. The van der Waals surface area contributed by atoms with Gasteiger partial charge in [-0.1, -0.05) is 5.21 Å². The van der Waals surface area contributed by atoms with Gasteiger partial charge in [0.25, 0.3) is 5.91 Å². The lowest BCUT2D eigenvalue weighted by Crippen LogP contribution is -2.34. The van der Waals surface area contributed by atoms with Crippen molar-refractivity contribution in [3.8, 4) is 11.5 Å². The molecule has 0 spiro atoms. The highest BCUT2D eigenvalue weighted by atomic mass is 16.5. The highest BCUT2D eigenvalue weighted by molar-refractivity contribution is 5.93. The molecule has 1 aromatic carbocycles. The molecule has 1 aliphatic carbocycles. The summed E-state index contributed by atoms with van der Waals surface area (Å²) in [6.45, 7) is 4.35. The monoisotopic (exact) mass is 399 g/mol. The lowest BCUT2D eigenvalue weighted by Gasteiger charge is -2.24. The van der Waals surface area contributed by atoms with Gasteiger partial charge in [0, 0.05) is 11.6 Å². The van der Waals surface area contributed by atoms with Crippen LogP contribution in [0.5, 0.6) is 11.5 Å². The first-order valence-electron chi connectivity index (χ1n) is 10.3. The number of nitrogens with zero attached hydrogens (tertiary/aromatic N) is 4. The van der Waals surface area contributed by atoms with Gasteiger partial charge in [-0.25, -0.2) is 4.68 Å². The molecule has 4 rings (SSSR count). The molecule has 29 heavy (non-hydrogen) atoms. The minimum Gasteiger partial charge on any atom is -0.497 e. The van der Waals surface area contributed by atoms with Gasteiger partial charge in [0.05, 0.1) is 32.5 Å². The summed E-state index contributed by atoms with van der Waals surface area (Å²) in [5.41, 5.74) is 2.23. The zero-order valence-electron chi connectivity index (χ0n) is 17.4. The van der Waals surface area contributed by atoms with E-state index in [9.17, 15) is 4.79 Å². The Balaban J connectivity index is 1.58. The number of hydrogen-bond donors (Lipinski definition) is 1. The Bertz CT molecular complexity index is 871. The topological polar surface area (TPSA) is 81.5 Å². The van der Waals surface area contributed by atoms with Crippen molar-refractivity contribution in [3.05, 3.63) is 35.2 Å². The molecule has 0 radical (unpaired) electrons. The van der Waals surface area contributed by atoms with Gasteiger partial charge in [-0.05, 0) is 63.9 Å². The smallest absolute Gasteiger partial charge is 0.276 e. The van der Waals surface area contributed by atoms with Crippen LogP contribution >= 0.6 is 0 Å². The number of hydrogen-bond acceptors (Lipinski definition) is 6. The summed E-state index contributed by atoms with van der Waals surface area (Å²) >= 11 is 0. The molecule has 1 N–H and O–H groups in total. The number of methoxy groups -OCH3 is 2. The van der Waals surface area contributed by atoms with Crippen molar-refractivity contribution in [1.29, 1.82) is 0 Å². The van der Waals surface area contributed by atoms with E-state index in [1.54, 1.807) is 14.2 Å². The third-order valence-electron chi connectivity index (χ3n) is 5.86. The summed E-state index contributed by atoms with van der Waals surface area (Å²) in [6.07, 6.45) is 4.04. The van der Waals surface area contributed by atoms with Crippen LogP contribution < -0.4 is 14.8 Å². The molecule has 8 nitrogen and oxygen atoms in total. The number of piperidine rings is 1. The van der Waals surface area contributed by atoms with Crippen molar-refractivity contribution in [2.75, 3.05) is 27.3 Å². The Morgan fingerprint density at radius 3 is 2.62 bits per heavy atom. The van der Waals surface area contributed by atoms with Gasteiger partial charge in [0.1, 0.15) is 11.5 Å². The summed E-state index contributed by atoms with van der Waals surface area (Å²) in [7, 11) is 3.28. The minimum absolute atomic E-state index is 0.0601. The van der Waals surface area contributed by atoms with Crippen LogP contribution in [-0.2, 0) is 6.54 Å². The van der Waals surface area contributed by atoms with Crippen LogP contribution in [0.1, 0.15) is 53.5 Å². The summed E-state index contributed by atoms with van der Waals surface area (Å²) < 4.78 is 12.8. The van der Waals surface area contributed by atoms with Gasteiger partial charge >= 0.3 is 0 Å². The average molecular weight is 399 g/mol. The molecule has 2 heterocycles. The van der Waals surface area contributed by atoms with Crippen molar-refractivity contribution >= 4 is 5.91 Å². The summed E-state index contributed by atoms with van der Waals surface area (Å²) in [5, 5.41) is 12.0. The number of carbonyl (C=O) groups is 1.